The summed E-state index contributed by atoms with van der Waals surface area (Å²) in [6.45, 7) is 3.06. The van der Waals surface area contributed by atoms with E-state index in [4.69, 9.17) is 0 Å². The quantitative estimate of drug-likeness (QED) is 0.0619. The van der Waals surface area contributed by atoms with Crippen molar-refractivity contribution in [1.29, 1.82) is 0 Å². The Kier molecular flexibility index (Phi) is 13.3. The summed E-state index contributed by atoms with van der Waals surface area (Å²) in [6, 6.07) is 14.5. The number of aryl methyl sites for hydroxylation is 2. The second kappa shape index (κ2) is 18.4. The predicted octanol–water partition coefficient (Wildman–Crippen LogP) is 9.26. The SMILES string of the molecule is CSc1cc(NCCC(F)(F)F)c2ncc(-c3ccc(C(=O)NC4CC4)c(C)c3)n2c1.Cc1cc(-c2cnc3c(NCCC(F)(F)F)cc(S(C)(=O)=O)cn23)ccc1C(=O)NC1CC1. The first-order chi connectivity index (χ1) is 30.2. The molecule has 0 saturated heterocycles. The van der Waals surface area contributed by atoms with Crippen LogP contribution in [0.1, 0.15) is 70.4 Å². The Hall–Kier alpha value is -5.76. The number of rotatable bonds is 14. The molecular weight excluding hydrogens is 883 g/mol. The molecule has 340 valence electrons. The standard InChI is InChI=1S/C22H23F3N4O3S.C22H23F3N4OS/c1-13-9-14(3-6-17(13)21(30)28-15-4-5-15)19-11-27-20-18(26-8-7-22(23,24)25)10-16(12-29(19)20)33(2,31)32;1-13-9-14(3-6-17(13)21(30)28-15-4-5-15)19-11-27-20-18(26-8-7-22(23,24)25)10-16(31-2)12-29(19)20/h3,6,9-12,15,26H,4-5,7-8H2,1-2H3,(H,28,30);3,6,9-12,15,26H,4-5,7-8H2,1-2H3,(H,28,30). The molecule has 2 aliphatic rings. The van der Waals surface area contributed by atoms with Crippen LogP contribution in [-0.2, 0) is 9.84 Å². The summed E-state index contributed by atoms with van der Waals surface area (Å²) in [5.41, 5.74) is 7.31. The van der Waals surface area contributed by atoms with Crippen LogP contribution in [0, 0.1) is 13.8 Å². The molecule has 8 rings (SSSR count). The number of anilines is 2. The van der Waals surface area contributed by atoms with Crippen molar-refractivity contribution >= 4 is 56.1 Å². The molecule has 0 spiro atoms. The van der Waals surface area contributed by atoms with Gasteiger partial charge < -0.3 is 21.3 Å². The number of halogens is 6. The highest BCUT2D eigenvalue weighted by atomic mass is 32.2. The van der Waals surface area contributed by atoms with Crippen molar-refractivity contribution in [2.45, 2.75) is 86.6 Å². The zero-order valence-corrected chi connectivity index (χ0v) is 36.9. The number of nitrogens with zero attached hydrogens (tertiary/aromatic N) is 4. The lowest BCUT2D eigenvalue weighted by molar-refractivity contribution is -0.132. The van der Waals surface area contributed by atoms with Gasteiger partial charge in [0, 0.05) is 71.0 Å². The van der Waals surface area contributed by atoms with Gasteiger partial charge in [0.1, 0.15) is 0 Å². The fraction of sp³-hybridized carbons (Fsp3) is 0.364. The lowest BCUT2D eigenvalue weighted by Gasteiger charge is -2.13. The van der Waals surface area contributed by atoms with E-state index in [1.54, 1.807) is 31.3 Å². The average molecular weight is 929 g/mol. The molecule has 4 heterocycles. The second-order valence-electron chi connectivity index (χ2n) is 16.0. The molecular formula is C44H46F6N8O4S2. The first kappa shape index (κ1) is 46.2. The third kappa shape index (κ3) is 11.5. The summed E-state index contributed by atoms with van der Waals surface area (Å²) in [5.74, 6) is -0.208. The number of fused-ring (bicyclic) bond motifs is 2. The summed E-state index contributed by atoms with van der Waals surface area (Å²) < 4.78 is 103. The molecule has 12 nitrogen and oxygen atoms in total. The van der Waals surface area contributed by atoms with Gasteiger partial charge in [0.25, 0.3) is 11.8 Å². The number of thioether (sulfide) groups is 1. The summed E-state index contributed by atoms with van der Waals surface area (Å²) in [7, 11) is -3.64. The van der Waals surface area contributed by atoms with E-state index < -0.39 is 41.6 Å². The number of hydrogen-bond acceptors (Lipinski definition) is 9. The first-order valence-electron chi connectivity index (χ1n) is 20.4. The Morgan fingerprint density at radius 1 is 0.703 bits per heavy atom. The average Bonchev–Trinajstić information content (AvgIpc) is 4.13. The number of alkyl halides is 6. The van der Waals surface area contributed by atoms with E-state index in [2.05, 4.69) is 31.2 Å². The van der Waals surface area contributed by atoms with Gasteiger partial charge >= 0.3 is 12.4 Å². The molecule has 20 heteroatoms. The van der Waals surface area contributed by atoms with Crippen LogP contribution in [0.2, 0.25) is 0 Å². The molecule has 0 unspecified atom stereocenters. The minimum atomic E-state index is -4.34. The van der Waals surface area contributed by atoms with Gasteiger partial charge in [-0.25, -0.2) is 18.4 Å². The molecule has 0 atom stereocenters. The van der Waals surface area contributed by atoms with Crippen LogP contribution < -0.4 is 21.3 Å². The highest BCUT2D eigenvalue weighted by molar-refractivity contribution is 7.98. The van der Waals surface area contributed by atoms with E-state index in [9.17, 15) is 44.3 Å². The maximum atomic E-state index is 12.6. The maximum Gasteiger partial charge on any atom is 0.390 e. The van der Waals surface area contributed by atoms with Gasteiger partial charge in [-0.05, 0) is 93.3 Å². The van der Waals surface area contributed by atoms with Crippen molar-refractivity contribution in [1.82, 2.24) is 29.4 Å². The minimum Gasteiger partial charge on any atom is -0.382 e. The summed E-state index contributed by atoms with van der Waals surface area (Å²) >= 11 is 1.50. The van der Waals surface area contributed by atoms with Crippen molar-refractivity contribution in [2.24, 2.45) is 0 Å². The van der Waals surface area contributed by atoms with Gasteiger partial charge in [0.15, 0.2) is 21.1 Å². The Morgan fingerprint density at radius 3 is 1.53 bits per heavy atom. The van der Waals surface area contributed by atoms with Crippen LogP contribution in [0.25, 0.3) is 33.8 Å². The lowest BCUT2D eigenvalue weighted by Crippen LogP contribution is -2.26. The van der Waals surface area contributed by atoms with Crippen molar-refractivity contribution in [3.63, 3.8) is 0 Å². The van der Waals surface area contributed by atoms with Crippen LogP contribution in [0.4, 0.5) is 37.7 Å². The van der Waals surface area contributed by atoms with Gasteiger partial charge in [0.05, 0.1) is 52.9 Å². The van der Waals surface area contributed by atoms with E-state index >= 15 is 0 Å². The smallest absolute Gasteiger partial charge is 0.382 e. The van der Waals surface area contributed by atoms with E-state index in [1.165, 1.54) is 34.6 Å². The monoisotopic (exact) mass is 928 g/mol. The number of carbonyl (C=O) groups excluding carboxylic acids is 2. The zero-order valence-electron chi connectivity index (χ0n) is 35.2. The maximum absolute atomic E-state index is 12.6. The van der Waals surface area contributed by atoms with Crippen molar-refractivity contribution in [3.05, 3.63) is 95.6 Å². The van der Waals surface area contributed by atoms with E-state index in [0.29, 0.717) is 45.4 Å². The van der Waals surface area contributed by atoms with Gasteiger partial charge in [-0.1, -0.05) is 12.1 Å². The highest BCUT2D eigenvalue weighted by Gasteiger charge is 2.29. The molecule has 4 N–H and O–H groups in total. The number of sulfone groups is 1. The lowest BCUT2D eigenvalue weighted by atomic mass is 10.0. The number of imidazole rings is 2. The van der Waals surface area contributed by atoms with Gasteiger partial charge in [0.2, 0.25) is 0 Å². The van der Waals surface area contributed by atoms with Crippen molar-refractivity contribution in [2.75, 3.05) is 36.2 Å². The molecule has 2 saturated carbocycles. The fourth-order valence-corrected chi connectivity index (χ4v) is 8.02. The molecule has 0 bridgehead atoms. The molecule has 2 fully saturated rings. The second-order valence-corrected chi connectivity index (χ2v) is 18.9. The molecule has 4 aromatic heterocycles. The molecule has 6 aromatic rings. The van der Waals surface area contributed by atoms with E-state index in [-0.39, 0.29) is 35.0 Å². The van der Waals surface area contributed by atoms with Crippen LogP contribution in [0.5, 0.6) is 0 Å². The van der Waals surface area contributed by atoms with Gasteiger partial charge in [-0.3, -0.25) is 18.4 Å². The molecule has 2 amide bonds. The van der Waals surface area contributed by atoms with Crippen molar-refractivity contribution < 1.29 is 44.3 Å². The number of hydrogen-bond donors (Lipinski definition) is 4. The summed E-state index contributed by atoms with van der Waals surface area (Å²) in [4.78, 5) is 34.4. The molecule has 0 radical (unpaired) electrons. The molecule has 2 aromatic carbocycles. The third-order valence-electron chi connectivity index (χ3n) is 10.6. The van der Waals surface area contributed by atoms with Gasteiger partial charge in [-0.15, -0.1) is 11.8 Å². The van der Waals surface area contributed by atoms with Crippen LogP contribution in [0.3, 0.4) is 0 Å². The van der Waals surface area contributed by atoms with Crippen LogP contribution in [-0.4, -0.2) is 89.0 Å². The summed E-state index contributed by atoms with van der Waals surface area (Å²) in [6.07, 6.45) is 2.95. The Bertz CT molecular complexity index is 2830. The number of pyridine rings is 2. The summed E-state index contributed by atoms with van der Waals surface area (Å²) in [5, 5.41) is 11.5. The van der Waals surface area contributed by atoms with Crippen molar-refractivity contribution in [3.8, 4) is 22.5 Å². The number of amides is 2. The number of benzene rings is 2. The number of aromatic nitrogens is 4. The minimum absolute atomic E-state index is 0.0547. The predicted molar refractivity (Wildman–Crippen MR) is 235 cm³/mol. The van der Waals surface area contributed by atoms with Crippen LogP contribution >= 0.6 is 11.8 Å². The molecule has 64 heavy (non-hydrogen) atoms. The third-order valence-corrected chi connectivity index (χ3v) is 12.4. The Morgan fingerprint density at radius 2 is 1.14 bits per heavy atom. The number of nitrogens with one attached hydrogen (secondary N) is 4. The first-order valence-corrected chi connectivity index (χ1v) is 23.5. The fourth-order valence-electron chi connectivity index (χ4n) is 6.94. The zero-order chi connectivity index (χ0) is 46.1. The van der Waals surface area contributed by atoms with Crippen LogP contribution in [0.15, 0.2) is 83.1 Å². The Labute approximate surface area is 369 Å². The Balaban J connectivity index is 0.000000192. The highest BCUT2D eigenvalue weighted by Crippen LogP contribution is 2.33. The van der Waals surface area contributed by atoms with E-state index in [1.807, 2.05) is 48.0 Å². The molecule has 0 aliphatic heterocycles. The molecule has 2 aliphatic carbocycles. The van der Waals surface area contributed by atoms with E-state index in [0.717, 1.165) is 59.2 Å². The largest absolute Gasteiger partial charge is 0.390 e. The van der Waals surface area contributed by atoms with Gasteiger partial charge in [-0.2, -0.15) is 26.3 Å². The normalized spacial score (nSPS) is 14.3. The topological polar surface area (TPSA) is 151 Å². The number of carbonyl (C=O) groups is 2.